The van der Waals surface area contributed by atoms with Gasteiger partial charge in [-0.3, -0.25) is 4.79 Å². The lowest BCUT2D eigenvalue weighted by molar-refractivity contribution is 0.174. The summed E-state index contributed by atoms with van der Waals surface area (Å²) in [6.45, 7) is 0.378. The second kappa shape index (κ2) is 9.60. The number of pyridine rings is 1. The van der Waals surface area contributed by atoms with Crippen LogP contribution >= 0.6 is 11.6 Å². The minimum atomic E-state index is -0.403. The SMILES string of the molecule is COc1ccccc1NC(=O)N(Cc1ccccc1Cl)Cc1cc2cc3c(cc2[nH]c1=O)OCO3. The molecule has 4 aromatic rings. The standard InChI is InChI=1S/C26H22ClN3O5/c1-33-22-9-5-4-8-20(22)29-26(32)30(13-16-6-2-3-7-19(16)27)14-18-10-17-11-23-24(35-15-34-23)12-21(17)28-25(18)31/h2-12H,13-15H2,1H3,(H,28,31)(H,29,32). The van der Waals surface area contributed by atoms with E-state index in [2.05, 4.69) is 10.3 Å². The maximum atomic E-state index is 13.4. The number of urea groups is 1. The zero-order chi connectivity index (χ0) is 24.4. The van der Waals surface area contributed by atoms with Crippen LogP contribution in [0.5, 0.6) is 17.2 Å². The number of ether oxygens (including phenoxy) is 3. The van der Waals surface area contributed by atoms with Crippen LogP contribution in [0.2, 0.25) is 5.02 Å². The van der Waals surface area contributed by atoms with Gasteiger partial charge in [0.25, 0.3) is 5.56 Å². The van der Waals surface area contributed by atoms with Gasteiger partial charge in [-0.1, -0.05) is 41.9 Å². The Balaban J connectivity index is 1.49. The highest BCUT2D eigenvalue weighted by Crippen LogP contribution is 2.35. The number of rotatable bonds is 6. The largest absolute Gasteiger partial charge is 0.495 e. The number of aromatic nitrogens is 1. The first-order valence-corrected chi connectivity index (χ1v) is 11.3. The number of carbonyl (C=O) groups is 1. The van der Waals surface area contributed by atoms with Crippen molar-refractivity contribution in [2.24, 2.45) is 0 Å². The Morgan fingerprint density at radius 3 is 2.54 bits per heavy atom. The van der Waals surface area contributed by atoms with Crippen molar-refractivity contribution in [2.75, 3.05) is 19.2 Å². The van der Waals surface area contributed by atoms with E-state index >= 15 is 0 Å². The number of carbonyl (C=O) groups excluding carboxylic acids is 1. The molecular formula is C26H22ClN3O5. The molecule has 8 nitrogen and oxygen atoms in total. The first-order valence-electron chi connectivity index (χ1n) is 10.9. The Morgan fingerprint density at radius 1 is 1.03 bits per heavy atom. The summed E-state index contributed by atoms with van der Waals surface area (Å²) in [5.41, 5.74) is 2.01. The van der Waals surface area contributed by atoms with Crippen molar-refractivity contribution in [2.45, 2.75) is 13.1 Å². The lowest BCUT2D eigenvalue weighted by Crippen LogP contribution is -2.36. The molecule has 0 saturated heterocycles. The van der Waals surface area contributed by atoms with Crippen LogP contribution < -0.4 is 25.1 Å². The number of nitrogens with zero attached hydrogens (tertiary/aromatic N) is 1. The number of hydrogen-bond donors (Lipinski definition) is 2. The van der Waals surface area contributed by atoms with Gasteiger partial charge in [-0.2, -0.15) is 0 Å². The quantitative estimate of drug-likeness (QED) is 0.389. The molecule has 2 heterocycles. The fraction of sp³-hybridized carbons (Fsp3) is 0.154. The molecule has 1 aliphatic heterocycles. The number of anilines is 1. The maximum Gasteiger partial charge on any atom is 0.322 e. The van der Waals surface area contributed by atoms with Crippen LogP contribution in [0, 0.1) is 0 Å². The Labute approximate surface area is 206 Å². The summed E-state index contributed by atoms with van der Waals surface area (Å²) in [4.78, 5) is 30.7. The summed E-state index contributed by atoms with van der Waals surface area (Å²) < 4.78 is 16.2. The monoisotopic (exact) mass is 491 g/mol. The lowest BCUT2D eigenvalue weighted by Gasteiger charge is -2.24. The highest BCUT2D eigenvalue weighted by molar-refractivity contribution is 6.31. The van der Waals surface area contributed by atoms with E-state index in [0.29, 0.717) is 39.0 Å². The third-order valence-electron chi connectivity index (χ3n) is 5.73. The topological polar surface area (TPSA) is 92.9 Å². The van der Waals surface area contributed by atoms with Crippen LogP contribution in [-0.2, 0) is 13.1 Å². The smallest absolute Gasteiger partial charge is 0.322 e. The first kappa shape index (κ1) is 22.6. The van der Waals surface area contributed by atoms with Crippen LogP contribution in [0.1, 0.15) is 11.1 Å². The molecule has 2 amide bonds. The number of hydrogen-bond acceptors (Lipinski definition) is 5. The van der Waals surface area contributed by atoms with E-state index in [1.807, 2.05) is 30.3 Å². The normalized spacial score (nSPS) is 11.9. The van der Waals surface area contributed by atoms with Crippen molar-refractivity contribution in [3.05, 3.63) is 93.2 Å². The molecule has 3 aromatic carbocycles. The van der Waals surface area contributed by atoms with Crippen molar-refractivity contribution in [3.63, 3.8) is 0 Å². The van der Waals surface area contributed by atoms with Gasteiger partial charge in [-0.15, -0.1) is 0 Å². The minimum Gasteiger partial charge on any atom is -0.495 e. The molecule has 178 valence electrons. The number of H-pyrrole nitrogens is 1. The molecule has 0 saturated carbocycles. The molecule has 35 heavy (non-hydrogen) atoms. The van der Waals surface area contributed by atoms with Gasteiger partial charge < -0.3 is 29.4 Å². The molecule has 9 heteroatoms. The van der Waals surface area contributed by atoms with Crippen LogP contribution in [0.15, 0.2) is 71.5 Å². The van der Waals surface area contributed by atoms with Crippen LogP contribution in [0.3, 0.4) is 0 Å². The van der Waals surface area contributed by atoms with Crippen molar-refractivity contribution in [1.29, 1.82) is 0 Å². The highest BCUT2D eigenvalue weighted by atomic mass is 35.5. The number of benzene rings is 3. The van der Waals surface area contributed by atoms with E-state index in [-0.39, 0.29) is 25.4 Å². The van der Waals surface area contributed by atoms with Gasteiger partial charge in [0, 0.05) is 28.6 Å². The van der Waals surface area contributed by atoms with Gasteiger partial charge >= 0.3 is 6.03 Å². The number of methoxy groups -OCH3 is 1. The van der Waals surface area contributed by atoms with Crippen molar-refractivity contribution in [3.8, 4) is 17.2 Å². The molecule has 0 radical (unpaired) electrons. The molecule has 0 spiro atoms. The van der Waals surface area contributed by atoms with E-state index in [1.54, 1.807) is 36.4 Å². The highest BCUT2D eigenvalue weighted by Gasteiger charge is 2.20. The van der Waals surface area contributed by atoms with Crippen LogP contribution in [0.25, 0.3) is 10.9 Å². The zero-order valence-corrected chi connectivity index (χ0v) is 19.6. The average molecular weight is 492 g/mol. The van der Waals surface area contributed by atoms with Crippen molar-refractivity contribution >= 4 is 34.2 Å². The number of aromatic amines is 1. The van der Waals surface area contributed by atoms with Crippen molar-refractivity contribution < 1.29 is 19.0 Å². The predicted molar refractivity (Wildman–Crippen MR) is 133 cm³/mol. The van der Waals surface area contributed by atoms with Crippen molar-refractivity contribution in [1.82, 2.24) is 9.88 Å². The molecule has 1 aliphatic rings. The number of nitrogens with one attached hydrogen (secondary N) is 2. The van der Waals surface area contributed by atoms with E-state index in [9.17, 15) is 9.59 Å². The third kappa shape index (κ3) is 4.74. The van der Waals surface area contributed by atoms with E-state index in [4.69, 9.17) is 25.8 Å². The average Bonchev–Trinajstić information content (AvgIpc) is 3.31. The Morgan fingerprint density at radius 2 is 1.74 bits per heavy atom. The Bertz CT molecular complexity index is 1470. The summed E-state index contributed by atoms with van der Waals surface area (Å²) in [5, 5.41) is 4.18. The molecule has 0 unspecified atom stereocenters. The minimum absolute atomic E-state index is 0.0475. The van der Waals surface area contributed by atoms with Crippen LogP contribution in [-0.4, -0.2) is 29.8 Å². The molecule has 0 aliphatic carbocycles. The maximum absolute atomic E-state index is 13.4. The van der Waals surface area contributed by atoms with Gasteiger partial charge in [0.1, 0.15) is 5.75 Å². The first-order chi connectivity index (χ1) is 17.0. The summed E-state index contributed by atoms with van der Waals surface area (Å²) in [7, 11) is 1.53. The molecular weight excluding hydrogens is 470 g/mol. The van der Waals surface area contributed by atoms with E-state index in [0.717, 1.165) is 10.9 Å². The summed E-state index contributed by atoms with van der Waals surface area (Å²) in [5.74, 6) is 1.72. The third-order valence-corrected chi connectivity index (χ3v) is 6.10. The van der Waals surface area contributed by atoms with Gasteiger partial charge in [0.2, 0.25) is 6.79 Å². The fourth-order valence-electron chi connectivity index (χ4n) is 3.94. The zero-order valence-electron chi connectivity index (χ0n) is 18.8. The molecule has 1 aromatic heterocycles. The summed E-state index contributed by atoms with van der Waals surface area (Å²) in [6, 6.07) is 19.3. The molecule has 2 N–H and O–H groups in total. The number of para-hydroxylation sites is 2. The van der Waals surface area contributed by atoms with Gasteiger partial charge in [-0.25, -0.2) is 4.79 Å². The number of fused-ring (bicyclic) bond motifs is 2. The Kier molecular flexibility index (Phi) is 6.20. The fourth-order valence-corrected chi connectivity index (χ4v) is 4.13. The van der Waals surface area contributed by atoms with Gasteiger partial charge in [0.05, 0.1) is 24.9 Å². The summed E-state index contributed by atoms with van der Waals surface area (Å²) in [6.07, 6.45) is 0. The Hall–Kier alpha value is -4.17. The number of halogens is 1. The molecule has 0 atom stereocenters. The molecule has 0 fully saturated rings. The molecule has 5 rings (SSSR count). The summed E-state index contributed by atoms with van der Waals surface area (Å²) >= 11 is 6.38. The van der Waals surface area contributed by atoms with Gasteiger partial charge in [0.15, 0.2) is 11.5 Å². The van der Waals surface area contributed by atoms with E-state index in [1.165, 1.54) is 12.0 Å². The second-order valence-electron chi connectivity index (χ2n) is 7.99. The number of amides is 2. The predicted octanol–water partition coefficient (Wildman–Crippen LogP) is 5.15. The van der Waals surface area contributed by atoms with Gasteiger partial charge in [-0.05, 0) is 35.9 Å². The second-order valence-corrected chi connectivity index (χ2v) is 8.40. The van der Waals surface area contributed by atoms with Crippen LogP contribution in [0.4, 0.5) is 10.5 Å². The lowest BCUT2D eigenvalue weighted by atomic mass is 10.1. The molecule has 0 bridgehead atoms. The van der Waals surface area contributed by atoms with E-state index < -0.39 is 6.03 Å².